The van der Waals surface area contributed by atoms with E-state index < -0.39 is 0 Å². The van der Waals surface area contributed by atoms with Crippen LogP contribution in [0.1, 0.15) is 4.88 Å². The van der Waals surface area contributed by atoms with E-state index in [2.05, 4.69) is 0 Å². The Kier molecular flexibility index (Phi) is 7.09. The molecule has 0 aliphatic heterocycles. The Morgan fingerprint density at radius 3 is 2.77 bits per heavy atom. The third kappa shape index (κ3) is 5.91. The van der Waals surface area contributed by atoms with Crippen molar-refractivity contribution in [1.29, 1.82) is 0 Å². The van der Waals surface area contributed by atoms with Crippen LogP contribution in [0, 0.1) is 0 Å². The highest BCUT2D eigenvalue weighted by atomic mass is 35.5. The summed E-state index contributed by atoms with van der Waals surface area (Å²) in [4.78, 5) is 15.0. The lowest BCUT2D eigenvalue weighted by Crippen LogP contribution is -2.27. The molecule has 3 nitrogen and oxygen atoms in total. The average Bonchev–Trinajstić information content (AvgIpc) is 3.01. The second-order valence-electron chi connectivity index (χ2n) is 4.68. The van der Waals surface area contributed by atoms with Gasteiger partial charge in [-0.15, -0.1) is 23.1 Å². The first-order valence-corrected chi connectivity index (χ1v) is 9.29. The van der Waals surface area contributed by atoms with Gasteiger partial charge in [0, 0.05) is 22.7 Å². The predicted molar refractivity (Wildman–Crippen MR) is 95.1 cm³/mol. The smallest absolute Gasteiger partial charge is 0.232 e. The minimum absolute atomic E-state index is 0.143. The number of carbonyl (C=O) groups excluding carboxylic acids is 1. The molecule has 0 saturated heterocycles. The summed E-state index contributed by atoms with van der Waals surface area (Å²) in [6.07, 6.45) is 0. The highest BCUT2D eigenvalue weighted by Gasteiger charge is 2.09. The normalized spacial score (nSPS) is 10.5. The summed E-state index contributed by atoms with van der Waals surface area (Å²) in [5.41, 5.74) is 0. The number of hydrogen-bond donors (Lipinski definition) is 0. The SMILES string of the molecule is CN(Cc1cccs1)C(=O)CSCCOc1ccc(Cl)cc1. The molecule has 0 radical (unpaired) electrons. The highest BCUT2D eigenvalue weighted by molar-refractivity contribution is 7.99. The molecule has 0 aliphatic carbocycles. The second kappa shape index (κ2) is 9.08. The molecular formula is C16H18ClNO2S2. The Bertz CT molecular complexity index is 572. The van der Waals surface area contributed by atoms with Gasteiger partial charge in [0.1, 0.15) is 5.75 Å². The van der Waals surface area contributed by atoms with Gasteiger partial charge in [0.2, 0.25) is 5.91 Å². The van der Waals surface area contributed by atoms with Crippen LogP contribution in [0.4, 0.5) is 0 Å². The van der Waals surface area contributed by atoms with Gasteiger partial charge in [0.15, 0.2) is 0 Å². The minimum Gasteiger partial charge on any atom is -0.493 e. The van der Waals surface area contributed by atoms with Gasteiger partial charge in [0.05, 0.1) is 18.9 Å². The Labute approximate surface area is 144 Å². The summed E-state index contributed by atoms with van der Waals surface area (Å²) in [6.45, 7) is 1.26. The van der Waals surface area contributed by atoms with E-state index in [0.29, 0.717) is 23.9 Å². The molecular weight excluding hydrogens is 338 g/mol. The number of thiophene rings is 1. The summed E-state index contributed by atoms with van der Waals surface area (Å²) < 4.78 is 5.59. The van der Waals surface area contributed by atoms with Crippen molar-refractivity contribution in [2.45, 2.75) is 6.54 Å². The number of hydrogen-bond acceptors (Lipinski definition) is 4. The Morgan fingerprint density at radius 2 is 2.09 bits per heavy atom. The van der Waals surface area contributed by atoms with E-state index >= 15 is 0 Å². The number of carbonyl (C=O) groups is 1. The predicted octanol–water partition coefficient (Wildman–Crippen LogP) is 4.17. The molecule has 0 fully saturated rings. The van der Waals surface area contributed by atoms with Crippen LogP contribution in [0.15, 0.2) is 41.8 Å². The second-order valence-corrected chi connectivity index (χ2v) is 7.26. The van der Waals surface area contributed by atoms with E-state index in [0.717, 1.165) is 11.5 Å². The first kappa shape index (κ1) is 17.2. The van der Waals surface area contributed by atoms with Crippen LogP contribution in [0.5, 0.6) is 5.75 Å². The van der Waals surface area contributed by atoms with E-state index in [1.165, 1.54) is 4.88 Å². The van der Waals surface area contributed by atoms with Crippen LogP contribution in [0.2, 0.25) is 5.02 Å². The summed E-state index contributed by atoms with van der Waals surface area (Å²) in [5, 5.41) is 2.72. The molecule has 6 heteroatoms. The van der Waals surface area contributed by atoms with E-state index in [1.807, 2.05) is 36.7 Å². The van der Waals surface area contributed by atoms with Crippen LogP contribution in [0.25, 0.3) is 0 Å². The lowest BCUT2D eigenvalue weighted by molar-refractivity contribution is -0.127. The van der Waals surface area contributed by atoms with Crippen molar-refractivity contribution in [2.75, 3.05) is 25.2 Å². The van der Waals surface area contributed by atoms with Crippen molar-refractivity contribution in [2.24, 2.45) is 0 Å². The van der Waals surface area contributed by atoms with Crippen LogP contribution in [-0.4, -0.2) is 36.0 Å². The topological polar surface area (TPSA) is 29.5 Å². The molecule has 118 valence electrons. The fraction of sp³-hybridized carbons (Fsp3) is 0.312. The number of rotatable bonds is 8. The van der Waals surface area contributed by atoms with Crippen molar-refractivity contribution in [3.8, 4) is 5.75 Å². The molecule has 1 aromatic carbocycles. The third-order valence-electron chi connectivity index (χ3n) is 2.93. The maximum absolute atomic E-state index is 12.0. The standard InChI is InChI=1S/C16H18ClNO2S2/c1-18(11-15-3-2-9-22-15)16(19)12-21-10-8-20-14-6-4-13(17)5-7-14/h2-7,9H,8,10-12H2,1H3. The van der Waals surface area contributed by atoms with Gasteiger partial charge in [-0.25, -0.2) is 0 Å². The van der Waals surface area contributed by atoms with Crippen LogP contribution in [0.3, 0.4) is 0 Å². The van der Waals surface area contributed by atoms with Crippen molar-refractivity contribution < 1.29 is 9.53 Å². The van der Waals surface area contributed by atoms with Crippen LogP contribution in [-0.2, 0) is 11.3 Å². The van der Waals surface area contributed by atoms with Gasteiger partial charge in [0.25, 0.3) is 0 Å². The number of thioether (sulfide) groups is 1. The first-order valence-electron chi connectivity index (χ1n) is 6.87. The van der Waals surface area contributed by atoms with Crippen molar-refractivity contribution in [3.05, 3.63) is 51.7 Å². The molecule has 0 N–H and O–H groups in total. The lowest BCUT2D eigenvalue weighted by atomic mass is 10.3. The molecule has 0 bridgehead atoms. The Balaban J connectivity index is 1.59. The maximum Gasteiger partial charge on any atom is 0.232 e. The van der Waals surface area contributed by atoms with Gasteiger partial charge >= 0.3 is 0 Å². The summed E-state index contributed by atoms with van der Waals surface area (Å²) in [6, 6.07) is 11.3. The first-order chi connectivity index (χ1) is 10.6. The number of amides is 1. The van der Waals surface area contributed by atoms with Gasteiger partial charge in [-0.3, -0.25) is 4.79 Å². The monoisotopic (exact) mass is 355 g/mol. The van der Waals surface area contributed by atoms with Gasteiger partial charge in [-0.05, 0) is 35.7 Å². The molecule has 1 heterocycles. The molecule has 0 unspecified atom stereocenters. The third-order valence-corrected chi connectivity index (χ3v) is 4.95. The molecule has 2 aromatic rings. The maximum atomic E-state index is 12.0. The van der Waals surface area contributed by atoms with E-state index in [4.69, 9.17) is 16.3 Å². The molecule has 0 saturated carbocycles. The summed E-state index contributed by atoms with van der Waals surface area (Å²) in [5.74, 6) is 2.20. The molecule has 0 aliphatic rings. The molecule has 22 heavy (non-hydrogen) atoms. The highest BCUT2D eigenvalue weighted by Crippen LogP contribution is 2.16. The summed E-state index contributed by atoms with van der Waals surface area (Å²) in [7, 11) is 1.84. The van der Waals surface area contributed by atoms with Gasteiger partial charge in [-0.2, -0.15) is 0 Å². The number of halogens is 1. The van der Waals surface area contributed by atoms with Crippen molar-refractivity contribution >= 4 is 40.6 Å². The van der Waals surface area contributed by atoms with Gasteiger partial charge < -0.3 is 9.64 Å². The largest absolute Gasteiger partial charge is 0.493 e. The zero-order valence-corrected chi connectivity index (χ0v) is 14.7. The van der Waals surface area contributed by atoms with E-state index in [-0.39, 0.29) is 5.91 Å². The Morgan fingerprint density at radius 1 is 1.32 bits per heavy atom. The zero-order valence-electron chi connectivity index (χ0n) is 12.3. The zero-order chi connectivity index (χ0) is 15.8. The van der Waals surface area contributed by atoms with E-state index in [1.54, 1.807) is 40.1 Å². The summed E-state index contributed by atoms with van der Waals surface area (Å²) >= 11 is 9.06. The molecule has 1 aromatic heterocycles. The molecule has 1 amide bonds. The van der Waals surface area contributed by atoms with Crippen molar-refractivity contribution in [3.63, 3.8) is 0 Å². The number of nitrogens with zero attached hydrogens (tertiary/aromatic N) is 1. The fourth-order valence-corrected chi connectivity index (χ4v) is 3.37. The molecule has 2 rings (SSSR count). The number of ether oxygens (including phenoxy) is 1. The number of benzene rings is 1. The van der Waals surface area contributed by atoms with Crippen LogP contribution < -0.4 is 4.74 Å². The minimum atomic E-state index is 0.143. The molecule has 0 atom stereocenters. The lowest BCUT2D eigenvalue weighted by Gasteiger charge is -2.16. The van der Waals surface area contributed by atoms with Crippen LogP contribution >= 0.6 is 34.7 Å². The molecule has 0 spiro atoms. The fourth-order valence-electron chi connectivity index (χ4n) is 1.74. The van der Waals surface area contributed by atoms with E-state index in [9.17, 15) is 4.79 Å². The van der Waals surface area contributed by atoms with Gasteiger partial charge in [-0.1, -0.05) is 17.7 Å². The average molecular weight is 356 g/mol. The quantitative estimate of drug-likeness (QED) is 0.665. The van der Waals surface area contributed by atoms with Crippen molar-refractivity contribution in [1.82, 2.24) is 4.90 Å². The Hall–Kier alpha value is -1.17.